The second kappa shape index (κ2) is 11.6. The van der Waals surface area contributed by atoms with Crippen LogP contribution in [0, 0.1) is 11.7 Å². The minimum Gasteiger partial charge on any atom is -0.493 e. The number of carbonyl (C=O) groups is 3. The SMILES string of the molecule is COc1ccnc(C(=O)N[C@@H](C)C(=O)OC2CCc3cc(F)ccc3C2)c1OCOC(=O)C(C)C. The Balaban J connectivity index is 1.61. The van der Waals surface area contributed by atoms with E-state index < -0.39 is 30.7 Å². The number of hydrogen-bond donors (Lipinski definition) is 1. The number of pyridine rings is 1. The molecule has 0 aliphatic heterocycles. The number of nitrogens with zero attached hydrogens (tertiary/aromatic N) is 1. The number of methoxy groups -OCH3 is 1. The van der Waals surface area contributed by atoms with Crippen molar-refractivity contribution in [1.29, 1.82) is 0 Å². The Morgan fingerprint density at radius 1 is 1.14 bits per heavy atom. The average Bonchev–Trinajstić information content (AvgIpc) is 2.83. The number of carbonyl (C=O) groups excluding carboxylic acids is 3. The Bertz CT molecular complexity index is 1090. The first-order valence-corrected chi connectivity index (χ1v) is 11.3. The number of aryl methyl sites for hydroxylation is 1. The van der Waals surface area contributed by atoms with Crippen LogP contribution in [0.3, 0.4) is 0 Å². The van der Waals surface area contributed by atoms with Gasteiger partial charge in [0, 0.05) is 18.7 Å². The van der Waals surface area contributed by atoms with Crippen LogP contribution >= 0.6 is 0 Å². The fourth-order valence-corrected chi connectivity index (χ4v) is 3.59. The number of esters is 2. The lowest BCUT2D eigenvalue weighted by molar-refractivity contribution is -0.154. The molecule has 0 bridgehead atoms. The molecule has 1 amide bonds. The summed E-state index contributed by atoms with van der Waals surface area (Å²) in [6.07, 6.45) is 2.62. The number of rotatable bonds is 9. The van der Waals surface area contributed by atoms with Crippen molar-refractivity contribution >= 4 is 17.8 Å². The third-order valence-corrected chi connectivity index (χ3v) is 5.51. The molecule has 1 aromatic carbocycles. The summed E-state index contributed by atoms with van der Waals surface area (Å²) in [5, 5.41) is 2.55. The van der Waals surface area contributed by atoms with Crippen LogP contribution in [-0.4, -0.2) is 48.9 Å². The van der Waals surface area contributed by atoms with E-state index in [1.165, 1.54) is 38.4 Å². The monoisotopic (exact) mass is 488 g/mol. The van der Waals surface area contributed by atoms with Crippen LogP contribution in [0.1, 0.15) is 48.8 Å². The zero-order valence-corrected chi connectivity index (χ0v) is 20.1. The molecule has 1 N–H and O–H groups in total. The van der Waals surface area contributed by atoms with Crippen LogP contribution in [0.25, 0.3) is 0 Å². The van der Waals surface area contributed by atoms with E-state index >= 15 is 0 Å². The minimum absolute atomic E-state index is 0.0271. The van der Waals surface area contributed by atoms with Gasteiger partial charge in [0.1, 0.15) is 18.0 Å². The van der Waals surface area contributed by atoms with Gasteiger partial charge in [-0.3, -0.25) is 9.59 Å². The molecule has 2 atom stereocenters. The number of halogens is 1. The van der Waals surface area contributed by atoms with E-state index in [0.29, 0.717) is 19.3 Å². The molecule has 10 heteroatoms. The van der Waals surface area contributed by atoms with Crippen LogP contribution < -0.4 is 14.8 Å². The van der Waals surface area contributed by atoms with Crippen molar-refractivity contribution in [2.45, 2.75) is 52.2 Å². The molecule has 0 spiro atoms. The number of hydrogen-bond acceptors (Lipinski definition) is 8. The van der Waals surface area contributed by atoms with Gasteiger partial charge in [-0.05, 0) is 43.0 Å². The highest BCUT2D eigenvalue weighted by Gasteiger charge is 2.27. The van der Waals surface area contributed by atoms with Crippen LogP contribution in [-0.2, 0) is 31.9 Å². The zero-order valence-electron chi connectivity index (χ0n) is 20.1. The maximum atomic E-state index is 13.4. The van der Waals surface area contributed by atoms with E-state index in [4.69, 9.17) is 18.9 Å². The van der Waals surface area contributed by atoms with Gasteiger partial charge >= 0.3 is 11.9 Å². The molecule has 0 fully saturated rings. The van der Waals surface area contributed by atoms with E-state index in [9.17, 15) is 18.8 Å². The summed E-state index contributed by atoms with van der Waals surface area (Å²) in [5.74, 6) is -2.22. The highest BCUT2D eigenvalue weighted by atomic mass is 19.1. The van der Waals surface area contributed by atoms with E-state index in [-0.39, 0.29) is 35.0 Å². The lowest BCUT2D eigenvalue weighted by Crippen LogP contribution is -2.42. The van der Waals surface area contributed by atoms with Gasteiger partial charge in [-0.25, -0.2) is 14.2 Å². The third kappa shape index (κ3) is 6.68. The molecule has 0 saturated heterocycles. The standard InChI is InChI=1S/C25H29FN2O7/c1-14(2)24(30)34-13-33-22-20(32-4)9-10-27-21(22)23(29)28-15(3)25(31)35-19-8-6-16-11-18(26)7-5-17(16)12-19/h5,7,9-11,14-15,19H,6,8,12-13H2,1-4H3,(H,28,29)/t15-,19?/m0/s1. The number of fused-ring (bicyclic) bond motifs is 1. The van der Waals surface area contributed by atoms with Crippen molar-refractivity contribution in [3.63, 3.8) is 0 Å². The number of benzene rings is 1. The Hall–Kier alpha value is -3.69. The van der Waals surface area contributed by atoms with Crippen molar-refractivity contribution < 1.29 is 37.7 Å². The van der Waals surface area contributed by atoms with E-state index in [1.807, 2.05) is 0 Å². The van der Waals surface area contributed by atoms with E-state index in [0.717, 1.165) is 11.1 Å². The van der Waals surface area contributed by atoms with Gasteiger partial charge in [0.25, 0.3) is 5.91 Å². The van der Waals surface area contributed by atoms with E-state index in [1.54, 1.807) is 19.9 Å². The molecule has 1 aromatic heterocycles. The smallest absolute Gasteiger partial charge is 0.328 e. The molecule has 35 heavy (non-hydrogen) atoms. The molecule has 1 heterocycles. The van der Waals surface area contributed by atoms with Crippen molar-refractivity contribution in [2.75, 3.05) is 13.9 Å². The Morgan fingerprint density at radius 3 is 2.63 bits per heavy atom. The molecule has 9 nitrogen and oxygen atoms in total. The Labute approximate surface area is 202 Å². The molecule has 188 valence electrons. The molecular weight excluding hydrogens is 459 g/mol. The van der Waals surface area contributed by atoms with Gasteiger partial charge in [-0.1, -0.05) is 19.9 Å². The fourth-order valence-electron chi connectivity index (χ4n) is 3.59. The van der Waals surface area contributed by atoms with Gasteiger partial charge < -0.3 is 24.3 Å². The van der Waals surface area contributed by atoms with Crippen LogP contribution in [0.2, 0.25) is 0 Å². The molecule has 1 aliphatic rings. The van der Waals surface area contributed by atoms with Crippen LogP contribution in [0.4, 0.5) is 4.39 Å². The molecule has 3 rings (SSSR count). The number of amides is 1. The van der Waals surface area contributed by atoms with Crippen molar-refractivity contribution in [1.82, 2.24) is 10.3 Å². The lowest BCUT2D eigenvalue weighted by atomic mass is 9.89. The molecule has 1 aliphatic carbocycles. The molecule has 0 radical (unpaired) electrons. The van der Waals surface area contributed by atoms with Gasteiger partial charge in [-0.2, -0.15) is 0 Å². The lowest BCUT2D eigenvalue weighted by Gasteiger charge is -2.26. The quantitative estimate of drug-likeness (QED) is 0.423. The van der Waals surface area contributed by atoms with Crippen LogP contribution in [0.15, 0.2) is 30.5 Å². The first-order chi connectivity index (χ1) is 16.7. The first-order valence-electron chi connectivity index (χ1n) is 11.3. The molecule has 1 unspecified atom stereocenters. The van der Waals surface area contributed by atoms with E-state index in [2.05, 4.69) is 10.3 Å². The summed E-state index contributed by atoms with van der Waals surface area (Å²) in [6, 6.07) is 5.10. The number of ether oxygens (including phenoxy) is 4. The fraction of sp³-hybridized carbons (Fsp3) is 0.440. The van der Waals surface area contributed by atoms with Gasteiger partial charge in [-0.15, -0.1) is 0 Å². The van der Waals surface area contributed by atoms with Crippen molar-refractivity contribution in [3.05, 3.63) is 53.1 Å². The van der Waals surface area contributed by atoms with Gasteiger partial charge in [0.15, 0.2) is 17.2 Å². The highest BCUT2D eigenvalue weighted by Crippen LogP contribution is 2.30. The Morgan fingerprint density at radius 2 is 1.91 bits per heavy atom. The summed E-state index contributed by atoms with van der Waals surface area (Å²) < 4.78 is 34.7. The largest absolute Gasteiger partial charge is 0.493 e. The van der Waals surface area contributed by atoms with Crippen molar-refractivity contribution in [3.8, 4) is 11.5 Å². The average molecular weight is 489 g/mol. The second-order valence-electron chi connectivity index (χ2n) is 8.48. The summed E-state index contributed by atoms with van der Waals surface area (Å²) in [7, 11) is 1.39. The first kappa shape index (κ1) is 25.9. The third-order valence-electron chi connectivity index (χ3n) is 5.51. The minimum atomic E-state index is -0.975. The maximum Gasteiger partial charge on any atom is 0.328 e. The maximum absolute atomic E-state index is 13.4. The molecule has 0 saturated carbocycles. The molecule has 2 aromatic rings. The highest BCUT2D eigenvalue weighted by molar-refractivity contribution is 5.98. The summed E-state index contributed by atoms with van der Waals surface area (Å²) in [4.78, 5) is 41.2. The van der Waals surface area contributed by atoms with Crippen LogP contribution in [0.5, 0.6) is 11.5 Å². The Kier molecular flexibility index (Phi) is 8.62. The number of nitrogens with one attached hydrogen (secondary N) is 1. The summed E-state index contributed by atoms with van der Waals surface area (Å²) in [6.45, 7) is 4.41. The predicted octanol–water partition coefficient (Wildman–Crippen LogP) is 2.98. The van der Waals surface area contributed by atoms with Gasteiger partial charge in [0.05, 0.1) is 13.0 Å². The predicted molar refractivity (Wildman–Crippen MR) is 122 cm³/mol. The molecular formula is C25H29FN2O7. The number of aromatic nitrogens is 1. The normalized spacial score (nSPS) is 15.5. The van der Waals surface area contributed by atoms with Crippen molar-refractivity contribution in [2.24, 2.45) is 5.92 Å². The topological polar surface area (TPSA) is 113 Å². The second-order valence-corrected chi connectivity index (χ2v) is 8.48. The summed E-state index contributed by atoms with van der Waals surface area (Å²) in [5.41, 5.74) is 1.71. The summed E-state index contributed by atoms with van der Waals surface area (Å²) >= 11 is 0. The zero-order chi connectivity index (χ0) is 25.5. The van der Waals surface area contributed by atoms with Gasteiger partial charge in [0.2, 0.25) is 6.79 Å².